The van der Waals surface area contributed by atoms with Crippen LogP contribution in [0.4, 0.5) is 10.2 Å². The van der Waals surface area contributed by atoms with Crippen LogP contribution in [-0.2, 0) is 0 Å². The molecule has 0 fully saturated rings. The Kier molecular flexibility index (Phi) is 2.17. The molecule has 2 N–H and O–H groups in total. The van der Waals surface area contributed by atoms with Crippen molar-refractivity contribution in [2.75, 3.05) is 12.5 Å². The lowest BCUT2D eigenvalue weighted by molar-refractivity contribution is 0.622. The number of hydrazine groups is 1. The van der Waals surface area contributed by atoms with Crippen LogP contribution in [0, 0.1) is 5.82 Å². The quantitative estimate of drug-likeness (QED) is 0.597. The van der Waals surface area contributed by atoms with Gasteiger partial charge in [-0.1, -0.05) is 0 Å². The number of aromatic nitrogens is 1. The highest BCUT2D eigenvalue weighted by Crippen LogP contribution is 2.05. The van der Waals surface area contributed by atoms with E-state index < -0.39 is 0 Å². The van der Waals surface area contributed by atoms with E-state index in [2.05, 4.69) is 15.8 Å². The fourth-order valence-electron chi connectivity index (χ4n) is 0.596. The van der Waals surface area contributed by atoms with E-state index in [1.807, 2.05) is 0 Å². The topological polar surface area (TPSA) is 37.0 Å². The third-order valence-corrected chi connectivity index (χ3v) is 1.00. The van der Waals surface area contributed by atoms with E-state index in [4.69, 9.17) is 0 Å². The van der Waals surface area contributed by atoms with Crippen molar-refractivity contribution >= 4 is 5.82 Å². The first-order valence-electron chi connectivity index (χ1n) is 2.88. The Bertz CT molecular complexity index is 214. The zero-order valence-electron chi connectivity index (χ0n) is 5.56. The van der Waals surface area contributed by atoms with Crippen LogP contribution in [0.3, 0.4) is 0 Å². The van der Waals surface area contributed by atoms with Crippen LogP contribution < -0.4 is 10.9 Å². The molecule has 10 heavy (non-hydrogen) atoms. The molecule has 0 aliphatic carbocycles. The molecule has 0 spiro atoms. The van der Waals surface area contributed by atoms with Crippen molar-refractivity contribution in [2.24, 2.45) is 0 Å². The molecule has 0 saturated carbocycles. The third kappa shape index (κ3) is 1.41. The van der Waals surface area contributed by atoms with Gasteiger partial charge in [-0.05, 0) is 12.1 Å². The van der Waals surface area contributed by atoms with Gasteiger partial charge in [0.05, 0.1) is 0 Å². The van der Waals surface area contributed by atoms with Crippen LogP contribution in [0.25, 0.3) is 0 Å². The van der Waals surface area contributed by atoms with Gasteiger partial charge in [0.1, 0.15) is 0 Å². The molecule has 0 aliphatic heterocycles. The Morgan fingerprint density at radius 3 is 3.00 bits per heavy atom. The molecule has 0 radical (unpaired) electrons. The number of halogens is 1. The van der Waals surface area contributed by atoms with Crippen molar-refractivity contribution in [3.8, 4) is 0 Å². The summed E-state index contributed by atoms with van der Waals surface area (Å²) in [6.07, 6.45) is 1.52. The van der Waals surface area contributed by atoms with Crippen molar-refractivity contribution in [3.63, 3.8) is 0 Å². The first kappa shape index (κ1) is 6.95. The van der Waals surface area contributed by atoms with Crippen LogP contribution in [0.1, 0.15) is 0 Å². The fraction of sp³-hybridized carbons (Fsp3) is 0.167. The summed E-state index contributed by atoms with van der Waals surface area (Å²) < 4.78 is 12.6. The predicted octanol–water partition coefficient (Wildman–Crippen LogP) is 0.767. The molecule has 0 aromatic carbocycles. The average molecular weight is 141 g/mol. The summed E-state index contributed by atoms with van der Waals surface area (Å²) in [5.41, 5.74) is 5.11. The molecule has 1 heterocycles. The standard InChI is InChI=1S/C6H8FN3/c1-8-10-6-5(7)3-2-4-9-6/h2-4,8H,1H3,(H,9,10). The predicted molar refractivity (Wildman–Crippen MR) is 36.9 cm³/mol. The van der Waals surface area contributed by atoms with Gasteiger partial charge >= 0.3 is 0 Å². The van der Waals surface area contributed by atoms with E-state index in [9.17, 15) is 4.39 Å². The van der Waals surface area contributed by atoms with Gasteiger partial charge in [0.25, 0.3) is 0 Å². The summed E-state index contributed by atoms with van der Waals surface area (Å²) in [6, 6.07) is 2.88. The number of hydrogen-bond donors (Lipinski definition) is 2. The third-order valence-electron chi connectivity index (χ3n) is 1.00. The second-order valence-corrected chi connectivity index (χ2v) is 1.71. The first-order valence-corrected chi connectivity index (χ1v) is 2.88. The Hall–Kier alpha value is -1.16. The van der Waals surface area contributed by atoms with Gasteiger partial charge < -0.3 is 5.43 Å². The van der Waals surface area contributed by atoms with E-state index in [-0.39, 0.29) is 11.6 Å². The summed E-state index contributed by atoms with van der Waals surface area (Å²) in [7, 11) is 1.65. The average Bonchev–Trinajstić information content (AvgIpc) is 1.94. The lowest BCUT2D eigenvalue weighted by Crippen LogP contribution is -2.16. The van der Waals surface area contributed by atoms with Crippen LogP contribution in [0.2, 0.25) is 0 Å². The smallest absolute Gasteiger partial charge is 0.176 e. The summed E-state index contributed by atoms with van der Waals surface area (Å²) >= 11 is 0. The lowest BCUT2D eigenvalue weighted by atomic mass is 10.4. The van der Waals surface area contributed by atoms with Crippen LogP contribution >= 0.6 is 0 Å². The number of rotatable bonds is 2. The maximum atomic E-state index is 12.6. The number of pyridine rings is 1. The summed E-state index contributed by atoms with van der Waals surface area (Å²) in [6.45, 7) is 0. The van der Waals surface area contributed by atoms with E-state index in [1.54, 1.807) is 7.05 Å². The highest BCUT2D eigenvalue weighted by molar-refractivity contribution is 5.33. The van der Waals surface area contributed by atoms with Crippen LogP contribution in [-0.4, -0.2) is 12.0 Å². The molecular formula is C6H8FN3. The SMILES string of the molecule is CNNc1ncccc1F. The molecule has 1 aromatic heterocycles. The van der Waals surface area contributed by atoms with Crippen molar-refractivity contribution < 1.29 is 4.39 Å². The summed E-state index contributed by atoms with van der Waals surface area (Å²) in [5, 5.41) is 0. The monoisotopic (exact) mass is 141 g/mol. The zero-order valence-corrected chi connectivity index (χ0v) is 5.56. The second-order valence-electron chi connectivity index (χ2n) is 1.71. The Morgan fingerprint density at radius 1 is 1.60 bits per heavy atom. The van der Waals surface area contributed by atoms with E-state index in [0.717, 1.165) is 0 Å². The van der Waals surface area contributed by atoms with E-state index in [1.165, 1.54) is 18.3 Å². The van der Waals surface area contributed by atoms with Gasteiger partial charge in [-0.15, -0.1) is 0 Å². The molecule has 54 valence electrons. The number of anilines is 1. The molecular weight excluding hydrogens is 133 g/mol. The summed E-state index contributed by atoms with van der Waals surface area (Å²) in [4.78, 5) is 3.72. The van der Waals surface area contributed by atoms with Crippen molar-refractivity contribution in [1.82, 2.24) is 10.4 Å². The van der Waals surface area contributed by atoms with Gasteiger partial charge in [0.2, 0.25) is 0 Å². The number of nitrogens with zero attached hydrogens (tertiary/aromatic N) is 1. The fourth-order valence-corrected chi connectivity index (χ4v) is 0.596. The largest absolute Gasteiger partial charge is 0.304 e. The van der Waals surface area contributed by atoms with E-state index >= 15 is 0 Å². The van der Waals surface area contributed by atoms with Crippen LogP contribution in [0.5, 0.6) is 0 Å². The van der Waals surface area contributed by atoms with Crippen molar-refractivity contribution in [3.05, 3.63) is 24.1 Å². The molecule has 0 atom stereocenters. The molecule has 0 amide bonds. The van der Waals surface area contributed by atoms with Crippen molar-refractivity contribution in [1.29, 1.82) is 0 Å². The maximum absolute atomic E-state index is 12.6. The Morgan fingerprint density at radius 2 is 2.40 bits per heavy atom. The normalized spacial score (nSPS) is 9.40. The highest BCUT2D eigenvalue weighted by Gasteiger charge is 1.97. The van der Waals surface area contributed by atoms with Gasteiger partial charge in [-0.3, -0.25) is 0 Å². The molecule has 0 bridgehead atoms. The van der Waals surface area contributed by atoms with E-state index in [0.29, 0.717) is 0 Å². The first-order chi connectivity index (χ1) is 4.84. The summed E-state index contributed by atoms with van der Waals surface area (Å²) in [5.74, 6) is -0.151. The zero-order chi connectivity index (χ0) is 7.40. The minimum absolute atomic E-state index is 0.213. The highest BCUT2D eigenvalue weighted by atomic mass is 19.1. The van der Waals surface area contributed by atoms with Crippen molar-refractivity contribution in [2.45, 2.75) is 0 Å². The molecule has 4 heteroatoms. The molecule has 0 unspecified atom stereocenters. The Labute approximate surface area is 58.3 Å². The number of nitrogens with one attached hydrogen (secondary N) is 2. The van der Waals surface area contributed by atoms with Gasteiger partial charge in [-0.25, -0.2) is 14.8 Å². The molecule has 0 aliphatic rings. The minimum atomic E-state index is -0.364. The van der Waals surface area contributed by atoms with Crippen LogP contribution in [0.15, 0.2) is 18.3 Å². The molecule has 3 nitrogen and oxygen atoms in total. The van der Waals surface area contributed by atoms with Gasteiger partial charge in [0, 0.05) is 13.2 Å². The molecule has 0 saturated heterocycles. The number of hydrogen-bond acceptors (Lipinski definition) is 3. The molecule has 1 aromatic rings. The maximum Gasteiger partial charge on any atom is 0.176 e. The Balaban J connectivity index is 2.81. The molecule has 1 rings (SSSR count). The lowest BCUT2D eigenvalue weighted by Gasteiger charge is -2.01. The minimum Gasteiger partial charge on any atom is -0.304 e. The van der Waals surface area contributed by atoms with Gasteiger partial charge in [-0.2, -0.15) is 0 Å². The second kappa shape index (κ2) is 3.12. The van der Waals surface area contributed by atoms with Gasteiger partial charge in [0.15, 0.2) is 11.6 Å².